The molecule has 0 atom stereocenters. The Bertz CT molecular complexity index is 602. The molecule has 0 bridgehead atoms. The van der Waals surface area contributed by atoms with Crippen molar-refractivity contribution in [3.8, 4) is 5.75 Å². The van der Waals surface area contributed by atoms with Crippen molar-refractivity contribution in [1.29, 1.82) is 0 Å². The van der Waals surface area contributed by atoms with Gasteiger partial charge in [-0.2, -0.15) is 0 Å². The lowest BCUT2D eigenvalue weighted by atomic mass is 10.1. The lowest BCUT2D eigenvalue weighted by Gasteiger charge is -2.07. The lowest BCUT2D eigenvalue weighted by Crippen LogP contribution is -2.01. The zero-order valence-electron chi connectivity index (χ0n) is 11.5. The fraction of sp³-hybridized carbons (Fsp3) is 0.250. The van der Waals surface area contributed by atoms with Gasteiger partial charge in [-0.15, -0.1) is 0 Å². The summed E-state index contributed by atoms with van der Waals surface area (Å²) in [5.41, 5.74) is 1.23. The van der Waals surface area contributed by atoms with Gasteiger partial charge < -0.3 is 4.74 Å². The predicted octanol–water partition coefficient (Wildman–Crippen LogP) is 4.65. The van der Waals surface area contributed by atoms with Crippen LogP contribution in [0.15, 0.2) is 48.5 Å². The van der Waals surface area contributed by atoms with E-state index in [9.17, 15) is 10.1 Å². The van der Waals surface area contributed by atoms with Crippen molar-refractivity contribution >= 4 is 17.3 Å². The molecule has 0 aliphatic heterocycles. The van der Waals surface area contributed by atoms with Gasteiger partial charge in [-0.05, 0) is 30.9 Å². The first-order chi connectivity index (χ1) is 10.2. The van der Waals surface area contributed by atoms with Gasteiger partial charge in [0.1, 0.15) is 0 Å². The second kappa shape index (κ2) is 7.64. The molecule has 0 aliphatic rings. The third kappa shape index (κ3) is 4.76. The molecule has 2 rings (SSSR count). The first kappa shape index (κ1) is 15.3. The van der Waals surface area contributed by atoms with Crippen molar-refractivity contribution in [1.82, 2.24) is 0 Å². The van der Waals surface area contributed by atoms with E-state index in [-0.39, 0.29) is 11.4 Å². The highest BCUT2D eigenvalue weighted by Crippen LogP contribution is 2.30. The van der Waals surface area contributed by atoms with Crippen LogP contribution in [0.1, 0.15) is 18.4 Å². The number of ether oxygens (including phenoxy) is 1. The summed E-state index contributed by atoms with van der Waals surface area (Å²) >= 11 is 5.84. The Morgan fingerprint density at radius 1 is 1.10 bits per heavy atom. The molecule has 0 N–H and O–H groups in total. The van der Waals surface area contributed by atoms with E-state index in [2.05, 4.69) is 12.1 Å². The molecule has 2 aromatic rings. The second-order valence-electron chi connectivity index (χ2n) is 4.66. The minimum atomic E-state index is -0.463. The molecule has 0 aromatic heterocycles. The average Bonchev–Trinajstić information content (AvgIpc) is 2.48. The highest BCUT2D eigenvalue weighted by atomic mass is 35.5. The van der Waals surface area contributed by atoms with Gasteiger partial charge in [-0.3, -0.25) is 10.1 Å². The molecular weight excluding hydrogens is 290 g/mol. The molecule has 0 spiro atoms. The number of benzene rings is 2. The average molecular weight is 306 g/mol. The van der Waals surface area contributed by atoms with Gasteiger partial charge in [0.15, 0.2) is 5.75 Å². The minimum absolute atomic E-state index is 0.0533. The number of hydrogen-bond acceptors (Lipinski definition) is 3. The monoisotopic (exact) mass is 305 g/mol. The lowest BCUT2D eigenvalue weighted by molar-refractivity contribution is -0.385. The summed E-state index contributed by atoms with van der Waals surface area (Å²) in [5.74, 6) is 0.229. The topological polar surface area (TPSA) is 52.4 Å². The van der Waals surface area contributed by atoms with Crippen molar-refractivity contribution in [3.05, 3.63) is 69.2 Å². The summed E-state index contributed by atoms with van der Waals surface area (Å²) in [6.07, 6.45) is 2.78. The zero-order chi connectivity index (χ0) is 15.1. The van der Waals surface area contributed by atoms with Crippen LogP contribution in [-0.2, 0) is 6.42 Å². The first-order valence-corrected chi connectivity index (χ1v) is 7.15. The standard InChI is InChI=1S/C16H16ClNO3/c17-14-9-10-15(18(19)20)16(12-14)21-11-5-4-8-13-6-2-1-3-7-13/h1-3,6-7,9-10,12H,4-5,8,11H2. The van der Waals surface area contributed by atoms with Crippen LogP contribution < -0.4 is 4.74 Å². The van der Waals surface area contributed by atoms with Crippen LogP contribution in [-0.4, -0.2) is 11.5 Å². The maximum absolute atomic E-state index is 10.9. The number of nitro benzene ring substituents is 1. The zero-order valence-corrected chi connectivity index (χ0v) is 12.3. The summed E-state index contributed by atoms with van der Waals surface area (Å²) in [5, 5.41) is 11.3. The third-order valence-corrected chi connectivity index (χ3v) is 3.31. The smallest absolute Gasteiger partial charge is 0.311 e. The van der Waals surface area contributed by atoms with Gasteiger partial charge in [-0.25, -0.2) is 0 Å². The van der Waals surface area contributed by atoms with Gasteiger partial charge in [-0.1, -0.05) is 41.9 Å². The SMILES string of the molecule is O=[N+]([O-])c1ccc(Cl)cc1OCCCCc1ccccc1. The van der Waals surface area contributed by atoms with Crippen molar-refractivity contribution < 1.29 is 9.66 Å². The second-order valence-corrected chi connectivity index (χ2v) is 5.10. The minimum Gasteiger partial charge on any atom is -0.487 e. The van der Waals surface area contributed by atoms with E-state index in [1.807, 2.05) is 18.2 Å². The molecule has 0 saturated heterocycles. The molecule has 5 heteroatoms. The first-order valence-electron chi connectivity index (χ1n) is 6.77. The van der Waals surface area contributed by atoms with Crippen LogP contribution in [0.5, 0.6) is 5.75 Å². The summed E-state index contributed by atoms with van der Waals surface area (Å²) in [4.78, 5) is 10.4. The molecule has 110 valence electrons. The summed E-state index contributed by atoms with van der Waals surface area (Å²) < 4.78 is 5.49. The van der Waals surface area contributed by atoms with Crippen LogP contribution in [0.4, 0.5) is 5.69 Å². The van der Waals surface area contributed by atoms with Crippen LogP contribution in [0, 0.1) is 10.1 Å². The van der Waals surface area contributed by atoms with E-state index in [0.717, 1.165) is 19.3 Å². The largest absolute Gasteiger partial charge is 0.487 e. The third-order valence-electron chi connectivity index (χ3n) is 3.08. The molecule has 0 radical (unpaired) electrons. The van der Waals surface area contributed by atoms with Gasteiger partial charge in [0.25, 0.3) is 0 Å². The molecule has 21 heavy (non-hydrogen) atoms. The highest BCUT2D eigenvalue weighted by molar-refractivity contribution is 6.30. The summed E-state index contributed by atoms with van der Waals surface area (Å²) in [7, 11) is 0. The molecule has 0 heterocycles. The van der Waals surface area contributed by atoms with Gasteiger partial charge in [0, 0.05) is 17.2 Å². The normalized spacial score (nSPS) is 10.3. The van der Waals surface area contributed by atoms with Crippen molar-refractivity contribution in [2.75, 3.05) is 6.61 Å². The fourth-order valence-corrected chi connectivity index (χ4v) is 2.17. The quantitative estimate of drug-likeness (QED) is 0.425. The van der Waals surface area contributed by atoms with Crippen LogP contribution in [0.3, 0.4) is 0 Å². The van der Waals surface area contributed by atoms with Crippen molar-refractivity contribution in [2.24, 2.45) is 0 Å². The van der Waals surface area contributed by atoms with E-state index in [4.69, 9.17) is 16.3 Å². The van der Waals surface area contributed by atoms with Crippen LogP contribution in [0.25, 0.3) is 0 Å². The molecule has 0 saturated carbocycles. The van der Waals surface area contributed by atoms with E-state index in [1.54, 1.807) is 0 Å². The Labute approximate surface area is 128 Å². The van der Waals surface area contributed by atoms with Crippen LogP contribution in [0.2, 0.25) is 5.02 Å². The van der Waals surface area contributed by atoms with E-state index in [1.165, 1.54) is 23.8 Å². The molecule has 2 aromatic carbocycles. The van der Waals surface area contributed by atoms with Gasteiger partial charge >= 0.3 is 5.69 Å². The van der Waals surface area contributed by atoms with Crippen LogP contribution >= 0.6 is 11.6 Å². The van der Waals surface area contributed by atoms with Gasteiger partial charge in [0.2, 0.25) is 0 Å². The number of rotatable bonds is 7. The van der Waals surface area contributed by atoms with Crippen molar-refractivity contribution in [2.45, 2.75) is 19.3 Å². The molecule has 0 aliphatic carbocycles. The van der Waals surface area contributed by atoms with E-state index < -0.39 is 4.92 Å². The summed E-state index contributed by atoms with van der Waals surface area (Å²) in [6, 6.07) is 14.5. The Balaban J connectivity index is 1.81. The maximum atomic E-state index is 10.9. The van der Waals surface area contributed by atoms with Gasteiger partial charge in [0.05, 0.1) is 11.5 Å². The Morgan fingerprint density at radius 2 is 1.86 bits per heavy atom. The molecule has 0 amide bonds. The maximum Gasteiger partial charge on any atom is 0.311 e. The molecule has 0 unspecified atom stereocenters. The number of aryl methyl sites for hydroxylation is 1. The molecule has 4 nitrogen and oxygen atoms in total. The number of nitro groups is 1. The number of nitrogens with zero attached hydrogens (tertiary/aromatic N) is 1. The Hall–Kier alpha value is -2.07. The van der Waals surface area contributed by atoms with Crippen molar-refractivity contribution in [3.63, 3.8) is 0 Å². The fourth-order valence-electron chi connectivity index (χ4n) is 2.01. The number of hydrogen-bond donors (Lipinski definition) is 0. The molecule has 0 fully saturated rings. The van der Waals surface area contributed by atoms with E-state index >= 15 is 0 Å². The predicted molar refractivity (Wildman–Crippen MR) is 83.0 cm³/mol. The number of halogens is 1. The Kier molecular flexibility index (Phi) is 5.58. The number of unbranched alkanes of at least 4 members (excludes halogenated alkanes) is 1. The summed E-state index contributed by atoms with van der Waals surface area (Å²) in [6.45, 7) is 0.439. The molecular formula is C16H16ClNO3. The Morgan fingerprint density at radius 3 is 2.57 bits per heavy atom. The van der Waals surface area contributed by atoms with E-state index in [0.29, 0.717) is 11.6 Å². The highest BCUT2D eigenvalue weighted by Gasteiger charge is 2.14.